The van der Waals surface area contributed by atoms with Gasteiger partial charge in [-0.15, -0.1) is 0 Å². The quantitative estimate of drug-likeness (QED) is 0.700. The summed E-state index contributed by atoms with van der Waals surface area (Å²) in [5.41, 5.74) is -0.823. The number of nitrogens with zero attached hydrogens (tertiary/aromatic N) is 1. The lowest BCUT2D eigenvalue weighted by Gasteiger charge is -2.28. The maximum absolute atomic E-state index is 11.3. The number of aliphatic hydroxyl groups is 1. The lowest BCUT2D eigenvalue weighted by atomic mass is 10.0. The first-order chi connectivity index (χ1) is 6.55. The van der Waals surface area contributed by atoms with Crippen LogP contribution in [0.5, 0.6) is 0 Å². The normalized spacial score (nSPS) is 21.4. The third-order valence-electron chi connectivity index (χ3n) is 2.55. The topological polar surface area (TPSA) is 49.8 Å². The molecular weight excluding hydrogens is 182 g/mol. The highest BCUT2D eigenvalue weighted by Crippen LogP contribution is 2.17. The summed E-state index contributed by atoms with van der Waals surface area (Å²) >= 11 is 0. The molecule has 1 heterocycles. The van der Waals surface area contributed by atoms with Gasteiger partial charge in [0.25, 0.3) is 0 Å². The summed E-state index contributed by atoms with van der Waals surface area (Å²) in [4.78, 5) is 13.0. The van der Waals surface area contributed by atoms with Crippen LogP contribution < -0.4 is 0 Å². The van der Waals surface area contributed by atoms with Crippen LogP contribution in [0, 0.1) is 0 Å². The van der Waals surface area contributed by atoms with Crippen LogP contribution in [0.15, 0.2) is 0 Å². The number of rotatable bonds is 5. The predicted octanol–water partition coefficient (Wildman–Crippen LogP) is 0.396. The fourth-order valence-corrected chi connectivity index (χ4v) is 1.68. The average Bonchev–Trinajstić information content (AvgIpc) is 2.48. The molecule has 14 heavy (non-hydrogen) atoms. The highest BCUT2D eigenvalue weighted by atomic mass is 16.5. The Bertz CT molecular complexity index is 204. The van der Waals surface area contributed by atoms with Crippen molar-refractivity contribution in [3.8, 4) is 0 Å². The first-order valence-corrected chi connectivity index (χ1v) is 5.04. The summed E-state index contributed by atoms with van der Waals surface area (Å²) in [6.07, 6.45) is 2.10. The van der Waals surface area contributed by atoms with Crippen molar-refractivity contribution in [3.05, 3.63) is 0 Å². The Hall–Kier alpha value is -0.610. The second-order valence-corrected chi connectivity index (χ2v) is 4.16. The van der Waals surface area contributed by atoms with Crippen molar-refractivity contribution in [2.75, 3.05) is 26.8 Å². The smallest absolute Gasteiger partial charge is 0.222 e. The molecular formula is C10H19NO3. The second-order valence-electron chi connectivity index (χ2n) is 4.16. The highest BCUT2D eigenvalue weighted by Gasteiger charge is 2.28. The minimum absolute atomic E-state index is 0.155. The molecule has 0 saturated carbocycles. The van der Waals surface area contributed by atoms with Gasteiger partial charge in [0.1, 0.15) is 0 Å². The summed E-state index contributed by atoms with van der Waals surface area (Å²) < 4.78 is 4.91. The van der Waals surface area contributed by atoms with Crippen LogP contribution in [0.3, 0.4) is 0 Å². The molecule has 1 saturated heterocycles. The molecule has 82 valence electrons. The minimum Gasteiger partial charge on any atom is -0.388 e. The Labute approximate surface area is 84.8 Å². The van der Waals surface area contributed by atoms with E-state index in [1.807, 2.05) is 0 Å². The molecule has 0 spiro atoms. The fraction of sp³-hybridized carbons (Fsp3) is 0.900. The summed E-state index contributed by atoms with van der Waals surface area (Å²) in [6, 6.07) is 0. The molecule has 1 unspecified atom stereocenters. The zero-order chi connectivity index (χ0) is 10.6. The second kappa shape index (κ2) is 4.75. The first-order valence-electron chi connectivity index (χ1n) is 5.04. The lowest BCUT2D eigenvalue weighted by Crippen LogP contribution is -2.42. The van der Waals surface area contributed by atoms with Crippen molar-refractivity contribution in [1.82, 2.24) is 4.90 Å². The maximum atomic E-state index is 11.3. The van der Waals surface area contributed by atoms with E-state index in [-0.39, 0.29) is 5.91 Å². The Morgan fingerprint density at radius 1 is 1.64 bits per heavy atom. The van der Waals surface area contributed by atoms with Gasteiger partial charge >= 0.3 is 0 Å². The van der Waals surface area contributed by atoms with E-state index in [0.717, 1.165) is 13.0 Å². The molecule has 1 atom stereocenters. The number of carbonyl (C=O) groups is 1. The Morgan fingerprint density at radius 3 is 2.86 bits per heavy atom. The third-order valence-corrected chi connectivity index (χ3v) is 2.55. The minimum atomic E-state index is -0.823. The van der Waals surface area contributed by atoms with E-state index in [9.17, 15) is 9.90 Å². The van der Waals surface area contributed by atoms with E-state index in [4.69, 9.17) is 4.74 Å². The molecule has 1 aliphatic heterocycles. The van der Waals surface area contributed by atoms with Crippen LogP contribution in [0.4, 0.5) is 0 Å². The van der Waals surface area contributed by atoms with E-state index in [2.05, 4.69) is 0 Å². The molecule has 1 aliphatic rings. The number of β-amino-alcohol motifs (C(OH)–C–C–N with tert-alkyl or cyclic N) is 1. The maximum Gasteiger partial charge on any atom is 0.222 e. The molecule has 1 rings (SSSR count). The number of hydrogen-bond donors (Lipinski definition) is 1. The van der Waals surface area contributed by atoms with Gasteiger partial charge in [-0.1, -0.05) is 0 Å². The molecule has 1 amide bonds. The summed E-state index contributed by atoms with van der Waals surface area (Å²) in [6.45, 7) is 3.48. The predicted molar refractivity (Wildman–Crippen MR) is 52.9 cm³/mol. The molecule has 4 nitrogen and oxygen atoms in total. The molecule has 0 aliphatic carbocycles. The standard InChI is InChI=1S/C10H19NO3/c1-10(13,5-7-14-2)8-11-6-3-4-9(11)12/h13H,3-8H2,1-2H3. The summed E-state index contributed by atoms with van der Waals surface area (Å²) in [7, 11) is 1.61. The molecule has 0 bridgehead atoms. The molecule has 0 aromatic heterocycles. The zero-order valence-corrected chi connectivity index (χ0v) is 8.95. The van der Waals surface area contributed by atoms with E-state index >= 15 is 0 Å². The van der Waals surface area contributed by atoms with Crippen LogP contribution >= 0.6 is 0 Å². The number of methoxy groups -OCH3 is 1. The van der Waals surface area contributed by atoms with E-state index in [1.54, 1.807) is 18.9 Å². The lowest BCUT2D eigenvalue weighted by molar-refractivity contribution is -0.131. The van der Waals surface area contributed by atoms with Gasteiger partial charge in [-0.05, 0) is 13.3 Å². The average molecular weight is 201 g/mol. The van der Waals surface area contributed by atoms with Gasteiger partial charge in [0, 0.05) is 39.6 Å². The SMILES string of the molecule is COCCC(C)(O)CN1CCCC1=O. The van der Waals surface area contributed by atoms with Gasteiger partial charge in [0.2, 0.25) is 5.91 Å². The van der Waals surface area contributed by atoms with Crippen molar-refractivity contribution < 1.29 is 14.6 Å². The summed E-state index contributed by atoms with van der Waals surface area (Å²) in [5, 5.41) is 9.95. The first kappa shape index (κ1) is 11.5. The van der Waals surface area contributed by atoms with Crippen molar-refractivity contribution >= 4 is 5.91 Å². The molecule has 0 aromatic rings. The number of amides is 1. The van der Waals surface area contributed by atoms with Gasteiger partial charge in [-0.25, -0.2) is 0 Å². The van der Waals surface area contributed by atoms with Crippen molar-refractivity contribution in [2.45, 2.75) is 31.8 Å². The van der Waals surface area contributed by atoms with Gasteiger partial charge in [0.15, 0.2) is 0 Å². The van der Waals surface area contributed by atoms with Gasteiger partial charge in [-0.3, -0.25) is 4.79 Å². The molecule has 0 aromatic carbocycles. The molecule has 4 heteroatoms. The van der Waals surface area contributed by atoms with E-state index in [0.29, 0.717) is 26.0 Å². The van der Waals surface area contributed by atoms with Gasteiger partial charge in [-0.2, -0.15) is 0 Å². The van der Waals surface area contributed by atoms with Crippen LogP contribution in [0.2, 0.25) is 0 Å². The van der Waals surface area contributed by atoms with Gasteiger partial charge in [0.05, 0.1) is 5.60 Å². The Kier molecular flexibility index (Phi) is 3.89. The Morgan fingerprint density at radius 2 is 2.36 bits per heavy atom. The Balaban J connectivity index is 2.37. The van der Waals surface area contributed by atoms with Gasteiger partial charge < -0.3 is 14.7 Å². The fourth-order valence-electron chi connectivity index (χ4n) is 1.68. The van der Waals surface area contributed by atoms with Crippen LogP contribution in [0.25, 0.3) is 0 Å². The number of ether oxygens (including phenoxy) is 1. The molecule has 1 fully saturated rings. The van der Waals surface area contributed by atoms with Crippen molar-refractivity contribution in [3.63, 3.8) is 0 Å². The van der Waals surface area contributed by atoms with E-state index in [1.165, 1.54) is 0 Å². The highest BCUT2D eigenvalue weighted by molar-refractivity contribution is 5.78. The molecule has 0 radical (unpaired) electrons. The number of hydrogen-bond acceptors (Lipinski definition) is 3. The third kappa shape index (κ3) is 3.27. The summed E-state index contributed by atoms with van der Waals surface area (Å²) in [5.74, 6) is 0.155. The zero-order valence-electron chi connectivity index (χ0n) is 8.95. The largest absolute Gasteiger partial charge is 0.388 e. The number of carbonyl (C=O) groups excluding carboxylic acids is 1. The monoisotopic (exact) mass is 201 g/mol. The van der Waals surface area contributed by atoms with E-state index < -0.39 is 5.60 Å². The molecule has 1 N–H and O–H groups in total. The van der Waals surface area contributed by atoms with Crippen molar-refractivity contribution in [1.29, 1.82) is 0 Å². The number of likely N-dealkylation sites (tertiary alicyclic amines) is 1. The van der Waals surface area contributed by atoms with Crippen LogP contribution in [-0.4, -0.2) is 48.3 Å². The van der Waals surface area contributed by atoms with Crippen molar-refractivity contribution in [2.24, 2.45) is 0 Å². The van der Waals surface area contributed by atoms with Crippen LogP contribution in [0.1, 0.15) is 26.2 Å². The van der Waals surface area contributed by atoms with Crippen LogP contribution in [-0.2, 0) is 9.53 Å².